The third-order valence-corrected chi connectivity index (χ3v) is 34.1. The van der Waals surface area contributed by atoms with Crippen LogP contribution in [-0.2, 0) is 60.7 Å². The lowest BCUT2D eigenvalue weighted by atomic mass is 9.82. The second kappa shape index (κ2) is 27.6. The van der Waals surface area contributed by atoms with Crippen molar-refractivity contribution in [2.45, 2.75) is 292 Å². The van der Waals surface area contributed by atoms with Crippen LogP contribution in [0, 0.1) is 17.8 Å². The SMILES string of the molecule is C=CCC1O[C@@H]2C3O[C@@H]4CC(CCC5CC(=C)C(CCC6CC(C)C(=C)C(C[C@@H]7O[C@H](CC(CO[Si](CC)(CC)CC)O[Si](CC)(CC)CC)[C@H](OC)C7CC(=O)OC)O6)O5)[C@H](OC3C1O[Si](CC)(CC)CC)OC24. The molecule has 7 aliphatic rings. The van der Waals surface area contributed by atoms with E-state index in [1.54, 1.807) is 7.11 Å². The van der Waals surface area contributed by atoms with E-state index in [0.29, 0.717) is 25.9 Å². The summed E-state index contributed by atoms with van der Waals surface area (Å²) in [6.45, 7) is 36.5. The molecule has 0 radical (unpaired) electrons. The van der Waals surface area contributed by atoms with Gasteiger partial charge in [0.1, 0.15) is 30.5 Å². The molecule has 19 atom stereocenters. The summed E-state index contributed by atoms with van der Waals surface area (Å²) in [5, 5.41) is 0. The fraction of sp³-hybridized carbons (Fsp3) is 0.881. The summed E-state index contributed by atoms with van der Waals surface area (Å²) < 4.78 is 81.5. The third-order valence-electron chi connectivity index (χ3n) is 20.2. The van der Waals surface area contributed by atoms with Gasteiger partial charge in [-0.1, -0.05) is 88.5 Å². The summed E-state index contributed by atoms with van der Waals surface area (Å²) in [7, 11) is -2.68. The molecule has 0 aromatic heterocycles. The molecule has 430 valence electrons. The Hall–Kier alpha value is -1.10. The molecule has 0 aromatic rings. The first-order valence-electron chi connectivity index (χ1n) is 30.2. The Labute approximate surface area is 457 Å². The number of ether oxygens (including phenoxy) is 9. The van der Waals surface area contributed by atoms with E-state index in [1.165, 1.54) is 7.11 Å². The summed E-state index contributed by atoms with van der Waals surface area (Å²) in [5.41, 5.74) is 2.24. The van der Waals surface area contributed by atoms with Crippen LogP contribution in [0.25, 0.3) is 0 Å². The van der Waals surface area contributed by atoms with Gasteiger partial charge in [-0.05, 0) is 123 Å². The molecule has 7 fully saturated rings. The van der Waals surface area contributed by atoms with Crippen LogP contribution in [0.15, 0.2) is 37.0 Å². The summed E-state index contributed by atoms with van der Waals surface area (Å²) in [4.78, 5) is 13.1. The van der Waals surface area contributed by atoms with Crippen LogP contribution in [-0.4, -0.2) is 150 Å². The average Bonchev–Trinajstić information content (AvgIpc) is 4.10. The highest BCUT2D eigenvalue weighted by molar-refractivity contribution is 6.74. The van der Waals surface area contributed by atoms with Gasteiger partial charge in [-0.3, -0.25) is 4.79 Å². The zero-order valence-corrected chi connectivity index (χ0v) is 51.8. The topological polar surface area (TPSA) is 128 Å². The molecule has 0 aliphatic carbocycles. The van der Waals surface area contributed by atoms with Gasteiger partial charge in [0.15, 0.2) is 31.2 Å². The maximum absolute atomic E-state index is 13.1. The van der Waals surface area contributed by atoms with Gasteiger partial charge in [-0.2, -0.15) is 0 Å². The van der Waals surface area contributed by atoms with Crippen LogP contribution in [0.5, 0.6) is 0 Å². The third kappa shape index (κ3) is 13.8. The number of hydrogen-bond acceptors (Lipinski definition) is 13. The summed E-state index contributed by atoms with van der Waals surface area (Å²) >= 11 is 0. The van der Waals surface area contributed by atoms with E-state index in [4.69, 9.17) is 55.9 Å². The van der Waals surface area contributed by atoms with Crippen LogP contribution in [0.4, 0.5) is 0 Å². The Morgan fingerprint density at radius 2 is 1.29 bits per heavy atom. The number of fused-ring (bicyclic) bond motifs is 1. The molecule has 16 heteroatoms. The lowest BCUT2D eigenvalue weighted by Crippen LogP contribution is -2.61. The predicted molar refractivity (Wildman–Crippen MR) is 302 cm³/mol. The zero-order chi connectivity index (χ0) is 54.2. The molecule has 0 N–H and O–H groups in total. The minimum Gasteiger partial charge on any atom is -0.469 e. The maximum atomic E-state index is 13.1. The van der Waals surface area contributed by atoms with E-state index in [9.17, 15) is 4.79 Å². The lowest BCUT2D eigenvalue weighted by molar-refractivity contribution is -0.294. The van der Waals surface area contributed by atoms with Crippen molar-refractivity contribution in [2.24, 2.45) is 17.8 Å². The van der Waals surface area contributed by atoms with Crippen LogP contribution in [0.1, 0.15) is 140 Å². The quantitative estimate of drug-likeness (QED) is 0.0371. The maximum Gasteiger partial charge on any atom is 0.305 e. The minimum atomic E-state index is -2.00. The number of rotatable bonds is 31. The molecule has 13 unspecified atom stereocenters. The number of esters is 1. The van der Waals surface area contributed by atoms with E-state index in [1.807, 2.05) is 6.08 Å². The first kappa shape index (κ1) is 61.5. The van der Waals surface area contributed by atoms with Crippen LogP contribution < -0.4 is 0 Å². The van der Waals surface area contributed by atoms with Gasteiger partial charge in [0.05, 0.1) is 81.2 Å². The van der Waals surface area contributed by atoms with Crippen molar-refractivity contribution < 1.29 is 60.7 Å². The number of carbonyl (C=O) groups is 1. The Morgan fingerprint density at radius 3 is 1.92 bits per heavy atom. The van der Waals surface area contributed by atoms with Crippen molar-refractivity contribution >= 4 is 30.9 Å². The second-order valence-corrected chi connectivity index (χ2v) is 38.0. The zero-order valence-electron chi connectivity index (χ0n) is 48.8. The molecule has 7 aliphatic heterocycles. The van der Waals surface area contributed by atoms with Crippen molar-refractivity contribution in [3.63, 3.8) is 0 Å². The van der Waals surface area contributed by atoms with Crippen LogP contribution in [0.2, 0.25) is 54.4 Å². The van der Waals surface area contributed by atoms with Gasteiger partial charge in [-0.25, -0.2) is 0 Å². The van der Waals surface area contributed by atoms with Crippen molar-refractivity contribution in [2.75, 3.05) is 20.8 Å². The minimum absolute atomic E-state index is 0.0202. The molecule has 0 amide bonds. The van der Waals surface area contributed by atoms with Crippen molar-refractivity contribution in [3.8, 4) is 0 Å². The van der Waals surface area contributed by atoms with Gasteiger partial charge in [0, 0.05) is 31.8 Å². The van der Waals surface area contributed by atoms with Gasteiger partial charge >= 0.3 is 5.97 Å². The Kier molecular flexibility index (Phi) is 22.6. The van der Waals surface area contributed by atoms with E-state index in [0.717, 1.165) is 110 Å². The fourth-order valence-electron chi connectivity index (χ4n) is 14.4. The van der Waals surface area contributed by atoms with E-state index in [2.05, 4.69) is 89.0 Å². The Bertz CT molecular complexity index is 1820. The van der Waals surface area contributed by atoms with E-state index in [-0.39, 0.29) is 128 Å². The average molecular weight is 1110 g/mol. The van der Waals surface area contributed by atoms with E-state index >= 15 is 0 Å². The molecule has 7 heterocycles. The highest BCUT2D eigenvalue weighted by Gasteiger charge is 2.64. The van der Waals surface area contributed by atoms with Crippen molar-refractivity contribution in [3.05, 3.63) is 37.0 Å². The largest absolute Gasteiger partial charge is 0.469 e. The normalized spacial score (nSPS) is 37.3. The van der Waals surface area contributed by atoms with Gasteiger partial charge in [-0.15, -0.1) is 6.58 Å². The first-order valence-corrected chi connectivity index (χ1v) is 37.8. The molecule has 0 aromatic carbocycles. The van der Waals surface area contributed by atoms with Crippen LogP contribution >= 0.6 is 0 Å². The molecule has 5 bridgehead atoms. The Morgan fingerprint density at radius 1 is 0.667 bits per heavy atom. The second-order valence-electron chi connectivity index (χ2n) is 23.8. The standard InChI is InChI=1S/C59H104O13Si3/c1-16-26-47-55(72-75(23-8,24-9)25-10)57-58-56(67-47)54-50(68-58)33-41(59(69-54)70-57)27-28-42-32-39(12)46(64-42)30-29-43-31-38(11)40(13)48(65-43)36-49-45(35-52(60)61-14)53(62-15)51(66-49)34-44(71-74(20-5,21-6)22-7)37-63-73(17-2,18-3)19-4/h16,38,41-51,53-59H,1,12-13,17-37H2,2-11,14-15H3/t38?,41?,42?,43?,44?,45?,46?,47?,48?,49-,50+,51+,53+,54?,55?,56-,57?,58?,59-/m0/s1. The van der Waals surface area contributed by atoms with Crippen molar-refractivity contribution in [1.82, 2.24) is 0 Å². The molecule has 0 saturated carbocycles. The molecular formula is C59H104O13Si3. The molecule has 75 heavy (non-hydrogen) atoms. The number of methoxy groups -OCH3 is 2. The van der Waals surface area contributed by atoms with Gasteiger partial charge in [0.2, 0.25) is 0 Å². The fourth-order valence-corrected chi connectivity index (χ4v) is 22.8. The first-order chi connectivity index (χ1) is 36.1. The number of carbonyl (C=O) groups excluding carboxylic acids is 1. The predicted octanol–water partition coefficient (Wildman–Crippen LogP) is 12.4. The van der Waals surface area contributed by atoms with Gasteiger partial charge < -0.3 is 55.9 Å². The summed E-state index contributed by atoms with van der Waals surface area (Å²) in [6.07, 6.45) is 7.68. The lowest BCUT2D eigenvalue weighted by Gasteiger charge is -2.47. The summed E-state index contributed by atoms with van der Waals surface area (Å²) in [5.74, 6) is -0.0342. The number of hydrogen-bond donors (Lipinski definition) is 0. The molecule has 7 saturated heterocycles. The monoisotopic (exact) mass is 1100 g/mol. The highest BCUT2D eigenvalue weighted by Crippen LogP contribution is 2.50. The van der Waals surface area contributed by atoms with Crippen molar-refractivity contribution in [1.29, 1.82) is 0 Å². The smallest absolute Gasteiger partial charge is 0.305 e. The molecule has 13 nitrogen and oxygen atoms in total. The molecule has 7 rings (SSSR count). The highest BCUT2D eigenvalue weighted by atomic mass is 28.4. The Balaban J connectivity index is 0.962. The van der Waals surface area contributed by atoms with Gasteiger partial charge in [0.25, 0.3) is 0 Å². The molecular weight excluding hydrogens is 1000 g/mol. The van der Waals surface area contributed by atoms with Crippen LogP contribution in [0.3, 0.4) is 0 Å². The summed E-state index contributed by atoms with van der Waals surface area (Å²) in [6, 6.07) is 9.58. The van der Waals surface area contributed by atoms with E-state index < -0.39 is 25.0 Å². The molecule has 0 spiro atoms.